The van der Waals surface area contributed by atoms with Crippen molar-refractivity contribution in [2.24, 2.45) is 0 Å². The predicted molar refractivity (Wildman–Crippen MR) is 108 cm³/mol. The Balaban J connectivity index is 2.13. The van der Waals surface area contributed by atoms with E-state index in [2.05, 4.69) is 16.0 Å². The molecule has 0 saturated carbocycles. The van der Waals surface area contributed by atoms with Gasteiger partial charge in [0, 0.05) is 24.8 Å². The van der Waals surface area contributed by atoms with Gasteiger partial charge in [0.1, 0.15) is 11.6 Å². The molecule has 2 amide bonds. The summed E-state index contributed by atoms with van der Waals surface area (Å²) in [6, 6.07) is 16.1. The third kappa shape index (κ3) is 7.01. The average Bonchev–Trinajstić information content (AvgIpc) is 2.61. The van der Waals surface area contributed by atoms with Crippen LogP contribution in [0.15, 0.2) is 54.6 Å². The summed E-state index contributed by atoms with van der Waals surface area (Å²) >= 11 is 0. The summed E-state index contributed by atoms with van der Waals surface area (Å²) in [5, 5.41) is 8.57. The first-order valence-electron chi connectivity index (χ1n) is 8.89. The fourth-order valence-corrected chi connectivity index (χ4v) is 2.45. The summed E-state index contributed by atoms with van der Waals surface area (Å²) in [6.07, 6.45) is -0.274. The highest BCUT2D eigenvalue weighted by molar-refractivity contribution is 5.96. The number of nitrogens with one attached hydrogen (secondary N) is 3. The van der Waals surface area contributed by atoms with Gasteiger partial charge in [-0.05, 0) is 50.6 Å². The van der Waals surface area contributed by atoms with Crippen LogP contribution in [0.2, 0.25) is 0 Å². The van der Waals surface area contributed by atoms with Gasteiger partial charge in [0.25, 0.3) is 0 Å². The van der Waals surface area contributed by atoms with Crippen LogP contribution in [0.25, 0.3) is 0 Å². The molecule has 2 aromatic rings. The monoisotopic (exact) mass is 369 g/mol. The fourth-order valence-electron chi connectivity index (χ4n) is 2.45. The normalized spacial score (nSPS) is 12.0. The topological polar surface area (TPSA) is 79.5 Å². The molecule has 6 heteroatoms. The van der Waals surface area contributed by atoms with Gasteiger partial charge in [-0.2, -0.15) is 0 Å². The number of hydrogen-bond acceptors (Lipinski definition) is 4. The van der Waals surface area contributed by atoms with E-state index in [0.717, 1.165) is 11.3 Å². The second kappa shape index (κ2) is 9.07. The summed E-state index contributed by atoms with van der Waals surface area (Å²) in [6.45, 7) is 5.34. The third-order valence-electron chi connectivity index (χ3n) is 3.73. The van der Waals surface area contributed by atoms with Crippen molar-refractivity contribution in [2.45, 2.75) is 38.8 Å². The van der Waals surface area contributed by atoms with E-state index in [1.54, 1.807) is 32.9 Å². The summed E-state index contributed by atoms with van der Waals surface area (Å²) in [5.74, 6) is -0.301. The van der Waals surface area contributed by atoms with Crippen molar-refractivity contribution < 1.29 is 14.3 Å². The first kappa shape index (κ1) is 20.3. The molecule has 2 aromatic carbocycles. The Morgan fingerprint density at radius 1 is 0.963 bits per heavy atom. The van der Waals surface area contributed by atoms with E-state index in [1.807, 2.05) is 49.5 Å². The van der Waals surface area contributed by atoms with Gasteiger partial charge >= 0.3 is 6.09 Å². The maximum atomic E-state index is 12.7. The molecule has 0 bridgehead atoms. The Kier molecular flexibility index (Phi) is 6.82. The van der Waals surface area contributed by atoms with Crippen LogP contribution in [0.3, 0.4) is 0 Å². The van der Waals surface area contributed by atoms with Crippen LogP contribution in [0.1, 0.15) is 26.3 Å². The number of benzene rings is 2. The average molecular weight is 369 g/mol. The van der Waals surface area contributed by atoms with Crippen LogP contribution < -0.4 is 16.0 Å². The van der Waals surface area contributed by atoms with Crippen LogP contribution in [-0.4, -0.2) is 30.7 Å². The lowest BCUT2D eigenvalue weighted by atomic mass is 10.0. The minimum atomic E-state index is -0.763. The quantitative estimate of drug-likeness (QED) is 0.723. The highest BCUT2D eigenvalue weighted by Crippen LogP contribution is 2.13. The minimum absolute atomic E-state index is 0.301. The summed E-state index contributed by atoms with van der Waals surface area (Å²) < 4.78 is 5.30. The zero-order valence-corrected chi connectivity index (χ0v) is 16.2. The summed E-state index contributed by atoms with van der Waals surface area (Å²) in [4.78, 5) is 24.9. The molecular weight excluding hydrogens is 342 g/mol. The number of carbonyl (C=O) groups excluding carboxylic acids is 2. The minimum Gasteiger partial charge on any atom is -0.444 e. The summed E-state index contributed by atoms with van der Waals surface area (Å²) in [5.41, 5.74) is 1.94. The summed E-state index contributed by atoms with van der Waals surface area (Å²) in [7, 11) is 1.84. The highest BCUT2D eigenvalue weighted by Gasteiger charge is 2.24. The largest absolute Gasteiger partial charge is 0.444 e. The molecule has 2 rings (SSSR count). The predicted octanol–water partition coefficient (Wildman–Crippen LogP) is 3.80. The Hall–Kier alpha value is -3.02. The van der Waals surface area contributed by atoms with Gasteiger partial charge in [-0.25, -0.2) is 4.79 Å². The molecule has 0 saturated heterocycles. The van der Waals surface area contributed by atoms with E-state index in [-0.39, 0.29) is 5.91 Å². The third-order valence-corrected chi connectivity index (χ3v) is 3.73. The van der Waals surface area contributed by atoms with E-state index in [1.165, 1.54) is 0 Å². The molecule has 0 unspecified atom stereocenters. The van der Waals surface area contributed by atoms with Crippen molar-refractivity contribution in [1.29, 1.82) is 0 Å². The van der Waals surface area contributed by atoms with Gasteiger partial charge in [0.05, 0.1) is 0 Å². The highest BCUT2D eigenvalue weighted by atomic mass is 16.6. The van der Waals surface area contributed by atoms with Crippen molar-refractivity contribution in [1.82, 2.24) is 5.32 Å². The number of ether oxygens (including phenoxy) is 1. The Morgan fingerprint density at radius 3 is 2.15 bits per heavy atom. The number of hydrogen-bond donors (Lipinski definition) is 3. The van der Waals surface area contributed by atoms with Crippen molar-refractivity contribution in [3.8, 4) is 0 Å². The Bertz CT molecular complexity index is 752. The van der Waals surface area contributed by atoms with Crippen LogP contribution >= 0.6 is 0 Å². The van der Waals surface area contributed by atoms with Crippen LogP contribution in [0.4, 0.5) is 16.2 Å². The van der Waals surface area contributed by atoms with E-state index < -0.39 is 17.7 Å². The van der Waals surface area contributed by atoms with Gasteiger partial charge in [-0.15, -0.1) is 0 Å². The van der Waals surface area contributed by atoms with Crippen LogP contribution in [-0.2, 0) is 16.0 Å². The Morgan fingerprint density at radius 2 is 1.59 bits per heavy atom. The lowest BCUT2D eigenvalue weighted by Crippen LogP contribution is -2.47. The molecule has 0 heterocycles. The maximum Gasteiger partial charge on any atom is 0.408 e. The van der Waals surface area contributed by atoms with Gasteiger partial charge in [-0.1, -0.05) is 30.3 Å². The zero-order chi connectivity index (χ0) is 19.9. The zero-order valence-electron chi connectivity index (χ0n) is 16.2. The van der Waals surface area contributed by atoms with Gasteiger partial charge in [0.15, 0.2) is 0 Å². The first-order chi connectivity index (χ1) is 12.8. The maximum absolute atomic E-state index is 12.7. The molecular formula is C21H27N3O3. The van der Waals surface area contributed by atoms with Crippen molar-refractivity contribution in [3.63, 3.8) is 0 Å². The molecule has 0 aliphatic rings. The number of rotatable bonds is 6. The standard InChI is InChI=1S/C21H27N3O3/c1-21(2,3)27-20(26)24-18(14-15-10-12-16(22-4)13-11-15)19(25)23-17-8-6-5-7-9-17/h5-13,18,22H,14H2,1-4H3,(H,23,25)(H,24,26)/t18-/m0/s1. The molecule has 27 heavy (non-hydrogen) atoms. The molecule has 3 N–H and O–H groups in total. The number of carbonyl (C=O) groups is 2. The molecule has 0 spiro atoms. The van der Waals surface area contributed by atoms with Gasteiger partial charge in [0.2, 0.25) is 5.91 Å². The van der Waals surface area contributed by atoms with Crippen LogP contribution in [0.5, 0.6) is 0 Å². The Labute approximate surface area is 160 Å². The van der Waals surface area contributed by atoms with E-state index in [4.69, 9.17) is 4.74 Å². The molecule has 0 aliphatic carbocycles. The van der Waals surface area contributed by atoms with E-state index >= 15 is 0 Å². The first-order valence-corrected chi connectivity index (χ1v) is 8.89. The molecule has 0 radical (unpaired) electrons. The molecule has 0 fully saturated rings. The number of alkyl carbamates (subject to hydrolysis) is 1. The molecule has 1 atom stereocenters. The molecule has 0 aliphatic heterocycles. The van der Waals surface area contributed by atoms with E-state index in [0.29, 0.717) is 12.1 Å². The second-order valence-electron chi connectivity index (χ2n) is 7.21. The smallest absolute Gasteiger partial charge is 0.408 e. The lowest BCUT2D eigenvalue weighted by molar-refractivity contribution is -0.118. The molecule has 0 aromatic heterocycles. The number of para-hydroxylation sites is 1. The lowest BCUT2D eigenvalue weighted by Gasteiger charge is -2.23. The SMILES string of the molecule is CNc1ccc(C[C@H](NC(=O)OC(C)(C)C)C(=O)Nc2ccccc2)cc1. The molecule has 144 valence electrons. The van der Waals surface area contributed by atoms with Crippen molar-refractivity contribution in [3.05, 3.63) is 60.2 Å². The second-order valence-corrected chi connectivity index (χ2v) is 7.21. The van der Waals surface area contributed by atoms with Crippen molar-refractivity contribution >= 4 is 23.4 Å². The van der Waals surface area contributed by atoms with Gasteiger partial charge in [-0.3, -0.25) is 4.79 Å². The van der Waals surface area contributed by atoms with Crippen molar-refractivity contribution in [2.75, 3.05) is 17.7 Å². The van der Waals surface area contributed by atoms with Crippen LogP contribution in [0, 0.1) is 0 Å². The fraction of sp³-hybridized carbons (Fsp3) is 0.333. The molecule has 6 nitrogen and oxygen atoms in total. The van der Waals surface area contributed by atoms with Gasteiger partial charge < -0.3 is 20.7 Å². The number of anilines is 2. The van der Waals surface area contributed by atoms with E-state index in [9.17, 15) is 9.59 Å². The number of amides is 2.